The van der Waals surface area contributed by atoms with Gasteiger partial charge in [0.15, 0.2) is 0 Å². The van der Waals surface area contributed by atoms with Crippen LogP contribution in [-0.2, 0) is 10.0 Å². The summed E-state index contributed by atoms with van der Waals surface area (Å²) in [4.78, 5) is 2.50. The lowest BCUT2D eigenvalue weighted by Crippen LogP contribution is -2.16. The van der Waals surface area contributed by atoms with Gasteiger partial charge in [-0.15, -0.1) is 11.3 Å². The molecule has 1 heterocycles. The molecule has 0 saturated heterocycles. The second-order valence-corrected chi connectivity index (χ2v) is 7.20. The average Bonchev–Trinajstić information content (AvgIpc) is 2.75. The number of primary sulfonamides is 1. The molecule has 4 nitrogen and oxygen atoms in total. The summed E-state index contributed by atoms with van der Waals surface area (Å²) in [7, 11) is -3.72. The summed E-state index contributed by atoms with van der Waals surface area (Å²) in [5.74, 6) is 0. The van der Waals surface area contributed by atoms with Crippen LogP contribution in [0.3, 0.4) is 0 Å². The van der Waals surface area contributed by atoms with Crippen LogP contribution >= 0.6 is 11.3 Å². The number of aryl methyl sites for hydroxylation is 1. The van der Waals surface area contributed by atoms with Crippen molar-refractivity contribution in [3.05, 3.63) is 46.2 Å². The van der Waals surface area contributed by atoms with Gasteiger partial charge in [-0.3, -0.25) is 0 Å². The quantitative estimate of drug-likeness (QED) is 0.911. The first kappa shape index (κ1) is 14.0. The summed E-state index contributed by atoms with van der Waals surface area (Å²) in [5, 5.41) is 8.41. The number of hydrogen-bond acceptors (Lipinski definition) is 4. The van der Waals surface area contributed by atoms with Crippen molar-refractivity contribution >= 4 is 27.0 Å². The Morgan fingerprint density at radius 1 is 1.21 bits per heavy atom. The summed E-state index contributed by atoms with van der Waals surface area (Å²) >= 11 is 1.69. The van der Waals surface area contributed by atoms with Crippen molar-refractivity contribution in [1.82, 2.24) is 0 Å². The van der Waals surface area contributed by atoms with E-state index in [4.69, 9.17) is 5.14 Å². The molecule has 19 heavy (non-hydrogen) atoms. The summed E-state index contributed by atoms with van der Waals surface area (Å²) in [6.07, 6.45) is 0. The molecule has 1 aromatic heterocycles. The van der Waals surface area contributed by atoms with Gasteiger partial charge in [0.1, 0.15) is 4.90 Å². The zero-order valence-electron chi connectivity index (χ0n) is 10.8. The number of hydrogen-bond donors (Lipinski definition) is 2. The molecule has 1 unspecified atom stereocenters. The molecule has 0 radical (unpaired) electrons. The van der Waals surface area contributed by atoms with E-state index in [0.717, 1.165) is 4.88 Å². The predicted octanol–water partition coefficient (Wildman–Crippen LogP) is 2.88. The SMILES string of the molecule is Cc1ccc(C(C)Nc2ccccc2S(N)(=O)=O)s1. The molecule has 0 bridgehead atoms. The molecule has 0 amide bonds. The van der Waals surface area contributed by atoms with Gasteiger partial charge >= 0.3 is 0 Å². The van der Waals surface area contributed by atoms with Crippen LogP contribution in [0.1, 0.15) is 22.7 Å². The fourth-order valence-electron chi connectivity index (χ4n) is 1.82. The van der Waals surface area contributed by atoms with E-state index in [9.17, 15) is 8.42 Å². The minimum atomic E-state index is -3.72. The first-order chi connectivity index (χ1) is 8.88. The lowest BCUT2D eigenvalue weighted by molar-refractivity contribution is 0.598. The molecule has 2 aromatic rings. The minimum Gasteiger partial charge on any atom is -0.377 e. The Morgan fingerprint density at radius 3 is 2.47 bits per heavy atom. The number of anilines is 1. The molecule has 0 spiro atoms. The fourth-order valence-corrected chi connectivity index (χ4v) is 3.41. The van der Waals surface area contributed by atoms with Gasteiger partial charge in [0, 0.05) is 9.75 Å². The number of thiophene rings is 1. The molecule has 1 atom stereocenters. The number of rotatable bonds is 4. The molecular formula is C13H16N2O2S2. The molecule has 0 saturated carbocycles. The lowest BCUT2D eigenvalue weighted by Gasteiger charge is -2.16. The van der Waals surface area contributed by atoms with E-state index in [1.165, 1.54) is 10.9 Å². The Morgan fingerprint density at radius 2 is 1.89 bits per heavy atom. The molecule has 6 heteroatoms. The average molecular weight is 296 g/mol. The highest BCUT2D eigenvalue weighted by Crippen LogP contribution is 2.28. The lowest BCUT2D eigenvalue weighted by atomic mass is 10.2. The van der Waals surface area contributed by atoms with Crippen molar-refractivity contribution in [1.29, 1.82) is 0 Å². The number of benzene rings is 1. The van der Waals surface area contributed by atoms with E-state index in [0.29, 0.717) is 5.69 Å². The Kier molecular flexibility index (Phi) is 3.93. The van der Waals surface area contributed by atoms with Crippen molar-refractivity contribution < 1.29 is 8.42 Å². The third-order valence-electron chi connectivity index (χ3n) is 2.75. The minimum absolute atomic E-state index is 0.0293. The molecule has 1 aromatic carbocycles. The Balaban J connectivity index is 2.29. The van der Waals surface area contributed by atoms with Crippen molar-refractivity contribution in [2.24, 2.45) is 5.14 Å². The van der Waals surface area contributed by atoms with Gasteiger partial charge in [0.25, 0.3) is 0 Å². The molecule has 0 aliphatic heterocycles. The summed E-state index contributed by atoms with van der Waals surface area (Å²) in [6, 6.07) is 10.8. The van der Waals surface area contributed by atoms with Crippen molar-refractivity contribution in [2.75, 3.05) is 5.32 Å². The van der Waals surface area contributed by atoms with Gasteiger partial charge in [-0.05, 0) is 38.1 Å². The zero-order chi connectivity index (χ0) is 14.0. The molecule has 3 N–H and O–H groups in total. The molecular weight excluding hydrogens is 280 g/mol. The maximum Gasteiger partial charge on any atom is 0.240 e. The normalized spacial score (nSPS) is 13.2. The smallest absolute Gasteiger partial charge is 0.240 e. The molecule has 0 aliphatic rings. The fraction of sp³-hybridized carbons (Fsp3) is 0.231. The standard InChI is InChI=1S/C13H16N2O2S2/c1-9-7-8-12(18-9)10(2)15-11-5-3-4-6-13(11)19(14,16)17/h3-8,10,15H,1-2H3,(H2,14,16,17). The van der Waals surface area contributed by atoms with Gasteiger partial charge in [-0.1, -0.05) is 12.1 Å². The third kappa shape index (κ3) is 3.34. The molecule has 102 valence electrons. The highest BCUT2D eigenvalue weighted by molar-refractivity contribution is 7.89. The second-order valence-electron chi connectivity index (χ2n) is 4.36. The van der Waals surface area contributed by atoms with Crippen molar-refractivity contribution in [3.63, 3.8) is 0 Å². The Bertz CT molecular complexity index is 677. The van der Waals surface area contributed by atoms with Crippen LogP contribution in [0.5, 0.6) is 0 Å². The summed E-state index contributed by atoms with van der Waals surface area (Å²) < 4.78 is 23.0. The Labute approximate surface area is 117 Å². The summed E-state index contributed by atoms with van der Waals surface area (Å²) in [5.41, 5.74) is 0.531. The highest BCUT2D eigenvalue weighted by Gasteiger charge is 2.15. The number of para-hydroxylation sites is 1. The van der Waals surface area contributed by atoms with E-state index < -0.39 is 10.0 Å². The van der Waals surface area contributed by atoms with Crippen LogP contribution in [0, 0.1) is 6.92 Å². The van der Waals surface area contributed by atoms with E-state index >= 15 is 0 Å². The second kappa shape index (κ2) is 5.32. The van der Waals surface area contributed by atoms with E-state index in [-0.39, 0.29) is 10.9 Å². The summed E-state index contributed by atoms with van der Waals surface area (Å²) in [6.45, 7) is 4.03. The number of nitrogens with two attached hydrogens (primary N) is 1. The van der Waals surface area contributed by atoms with Crippen molar-refractivity contribution in [3.8, 4) is 0 Å². The van der Waals surface area contributed by atoms with Gasteiger partial charge in [-0.2, -0.15) is 0 Å². The van der Waals surface area contributed by atoms with Crippen LogP contribution in [0.15, 0.2) is 41.3 Å². The topological polar surface area (TPSA) is 72.2 Å². The molecule has 0 aliphatic carbocycles. The van der Waals surface area contributed by atoms with Gasteiger partial charge in [-0.25, -0.2) is 13.6 Å². The van der Waals surface area contributed by atoms with Crippen LogP contribution in [-0.4, -0.2) is 8.42 Å². The van der Waals surface area contributed by atoms with Crippen LogP contribution < -0.4 is 10.5 Å². The van der Waals surface area contributed by atoms with Crippen molar-refractivity contribution in [2.45, 2.75) is 24.8 Å². The van der Waals surface area contributed by atoms with Crippen LogP contribution in [0.4, 0.5) is 5.69 Å². The Hall–Kier alpha value is -1.37. The largest absolute Gasteiger partial charge is 0.377 e. The monoisotopic (exact) mass is 296 g/mol. The van der Waals surface area contributed by atoms with Crippen LogP contribution in [0.25, 0.3) is 0 Å². The van der Waals surface area contributed by atoms with Crippen LogP contribution in [0.2, 0.25) is 0 Å². The number of nitrogens with one attached hydrogen (secondary N) is 1. The maximum absolute atomic E-state index is 11.5. The maximum atomic E-state index is 11.5. The van der Waals surface area contributed by atoms with E-state index in [2.05, 4.69) is 5.32 Å². The van der Waals surface area contributed by atoms with Gasteiger partial charge < -0.3 is 5.32 Å². The van der Waals surface area contributed by atoms with Gasteiger partial charge in [0.2, 0.25) is 10.0 Å². The predicted molar refractivity (Wildman–Crippen MR) is 78.9 cm³/mol. The van der Waals surface area contributed by atoms with E-state index in [1.54, 1.807) is 29.5 Å². The molecule has 2 rings (SSSR count). The number of sulfonamides is 1. The van der Waals surface area contributed by atoms with Gasteiger partial charge in [0.05, 0.1) is 11.7 Å². The first-order valence-corrected chi connectivity index (χ1v) is 8.19. The first-order valence-electron chi connectivity index (χ1n) is 5.82. The highest BCUT2D eigenvalue weighted by atomic mass is 32.2. The molecule has 0 fully saturated rings. The van der Waals surface area contributed by atoms with E-state index in [1.807, 2.05) is 26.0 Å². The third-order valence-corrected chi connectivity index (χ3v) is 4.91. The zero-order valence-corrected chi connectivity index (χ0v) is 12.4.